The highest BCUT2D eigenvalue weighted by molar-refractivity contribution is 6.82. The van der Waals surface area contributed by atoms with Gasteiger partial charge in [-0.2, -0.15) is 0 Å². The summed E-state index contributed by atoms with van der Waals surface area (Å²) in [5.74, 6) is 0. The average Bonchev–Trinajstić information content (AvgIpc) is 1.38. The first-order valence-electron chi connectivity index (χ1n) is 31.1. The predicted molar refractivity (Wildman–Crippen MR) is 350 cm³/mol. The second-order valence-corrected chi connectivity index (χ2v) is 32.2. The van der Waals surface area contributed by atoms with Crippen molar-refractivity contribution in [3.8, 4) is 11.1 Å². The molecule has 35 rings (SSSR count). The van der Waals surface area contributed by atoms with E-state index in [9.17, 15) is 0 Å². The first-order valence-corrected chi connectivity index (χ1v) is 31.1. The molecule has 1 heteroatoms. The third kappa shape index (κ3) is 1.97. The van der Waals surface area contributed by atoms with Crippen LogP contribution in [0, 0.1) is 0 Å². The number of likely N-dealkylation sites (tertiary alicyclic amines) is 1. The number of hydrogen-bond acceptors (Lipinski definition) is 1. The van der Waals surface area contributed by atoms with Crippen molar-refractivity contribution in [3.05, 3.63) is 69.3 Å². The average molecular weight is 1020 g/mol. The molecule has 358 valence electrons. The summed E-state index contributed by atoms with van der Waals surface area (Å²) in [6.45, 7) is 15.7. The molecule has 82 heavy (non-hydrogen) atoms. The topological polar surface area (TPSA) is 3.24 Å². The molecule has 0 N–H and O–H groups in total. The van der Waals surface area contributed by atoms with Crippen molar-refractivity contribution < 1.29 is 0 Å². The molecule has 0 saturated carbocycles. The molecule has 1 heterocycles. The maximum Gasteiger partial charge on any atom is 0.0575 e. The first-order chi connectivity index (χ1) is 40.1. The molecule has 6 aliphatic carbocycles. The Morgan fingerprint density at radius 1 is 0.293 bits per heavy atom. The van der Waals surface area contributed by atoms with Crippen LogP contribution in [0.15, 0.2) is 30.3 Å². The van der Waals surface area contributed by atoms with Crippen LogP contribution in [0.1, 0.15) is 86.5 Å². The van der Waals surface area contributed by atoms with Crippen LogP contribution in [0.4, 0.5) is 0 Å². The highest BCUT2D eigenvalue weighted by Crippen LogP contribution is 2.87. The fourth-order valence-electron chi connectivity index (χ4n) is 28.2. The zero-order valence-electron chi connectivity index (χ0n) is 45.1. The van der Waals surface area contributed by atoms with E-state index in [1.165, 1.54) is 22.3 Å². The van der Waals surface area contributed by atoms with Gasteiger partial charge in [-0.3, -0.25) is 4.90 Å². The van der Waals surface area contributed by atoms with Crippen LogP contribution in [0.5, 0.6) is 0 Å². The molecular weight excluding hydrogens is 987 g/mol. The fourth-order valence-corrected chi connectivity index (χ4v) is 28.2. The van der Waals surface area contributed by atoms with Crippen LogP contribution in [0.25, 0.3) is 302 Å². The van der Waals surface area contributed by atoms with Crippen molar-refractivity contribution in [2.75, 3.05) is 13.6 Å². The van der Waals surface area contributed by atoms with E-state index in [0.717, 1.165) is 6.54 Å². The number of likely N-dealkylation sites (N-methyl/N-ethyl adjacent to an activating group) is 1. The molecule has 0 bridgehead atoms. The minimum absolute atomic E-state index is 0.0314. The van der Waals surface area contributed by atoms with Gasteiger partial charge in [0.1, 0.15) is 0 Å². The lowest BCUT2D eigenvalue weighted by atomic mass is 9.47. The van der Waals surface area contributed by atoms with Gasteiger partial charge in [0.2, 0.25) is 0 Å². The molecule has 0 aromatic heterocycles. The molecule has 28 aromatic rings. The Morgan fingerprint density at radius 2 is 0.524 bits per heavy atom. The Labute approximate surface area is 456 Å². The van der Waals surface area contributed by atoms with Crippen LogP contribution < -0.4 is 0 Å². The summed E-state index contributed by atoms with van der Waals surface area (Å²) in [5.41, 5.74) is 13.8. The molecule has 1 saturated heterocycles. The monoisotopic (exact) mass is 1020 g/mol. The minimum Gasteiger partial charge on any atom is -0.297 e. The normalized spacial score (nSPS) is 22.7. The van der Waals surface area contributed by atoms with Gasteiger partial charge in [-0.15, -0.1) is 0 Å². The second kappa shape index (κ2) is 7.81. The molecule has 28 aromatic carbocycles. The lowest BCUT2D eigenvalue weighted by Gasteiger charge is -2.52. The number of rotatable bonds is 1. The number of hydrogen-bond donors (Lipinski definition) is 0. The molecule has 1 aliphatic heterocycles. The van der Waals surface area contributed by atoms with Gasteiger partial charge in [-0.25, -0.2) is 0 Å². The van der Waals surface area contributed by atoms with Crippen LogP contribution in [-0.4, -0.2) is 18.5 Å². The lowest BCUT2D eigenvalue weighted by Crippen LogP contribution is -2.51. The van der Waals surface area contributed by atoms with Gasteiger partial charge in [0, 0.05) is 6.54 Å². The predicted octanol–water partition coefficient (Wildman–Crippen LogP) is 21.7. The number of nitrogens with zero attached hydrogens (tertiary/aromatic N) is 1. The van der Waals surface area contributed by atoms with E-state index < -0.39 is 0 Å². The molecule has 1 atom stereocenters. The van der Waals surface area contributed by atoms with E-state index in [2.05, 4.69) is 83.8 Å². The smallest absolute Gasteiger partial charge is 0.0575 e. The molecule has 1 nitrogen and oxygen atoms in total. The zero-order chi connectivity index (χ0) is 50.8. The summed E-state index contributed by atoms with van der Waals surface area (Å²) < 4.78 is 0. The van der Waals surface area contributed by atoms with Crippen LogP contribution >= 0.6 is 0 Å². The third-order valence-electron chi connectivity index (χ3n) is 28.9. The summed E-state index contributed by atoms with van der Waals surface area (Å²) in [6.07, 6.45) is 0. The lowest BCUT2D eigenvalue weighted by molar-refractivity contribution is 0.272. The quantitative estimate of drug-likeness (QED) is 0.148. The maximum absolute atomic E-state index is 3.03. The van der Waals surface area contributed by atoms with E-state index >= 15 is 0 Å². The standard InChI is InChI=1S/C81H29N/c1-78(2,3)14-8-10-15-16(11-9-14)18(79(4,5)6)12-17(15)77-81-75-69-63-53-41-33-25-21-19-20-23-27(25)35(41)45-39-31(23)32-24(20)28-26-22(19)30-29(21)37-43(33)51-57-47(37)48-38(30)44-34(26)42-36(28)46-40(32)50-49(39)61(55(45)63)71(75)72-62(50)56(46)64-54(42)60-52(44)58(48)66-65(57)73(67(69)59(51)53)80(81,13-82(77)7)74(66)68(60)70(64)76(72)81/h8-12,77H,13H2,1-7H3. The highest BCUT2D eigenvalue weighted by atomic mass is 15.2. The SMILES string of the molecule is CN1CC23c4c5c6c7c8c9c(c%10c%11c2c2c4c4c%12c5c5c6c6c8c8c%13c9c9c%10c%10c%11c%11c2c2c4c4c%12c%12c5c5c6c8c6c8c%13c9c9c%10c%10c%11c2c2c4c4c%12c5c6c5c8c9c%10c2c45)C73C1c1cc(C(C)(C)C)c2ccc(C(C)(C)C)ccc1-2. The minimum atomic E-state index is -0.384. The fraction of sp³-hybridized carbons (Fsp3) is 0.160. The first kappa shape index (κ1) is 33.8. The second-order valence-electron chi connectivity index (χ2n) is 32.2. The summed E-state index contributed by atoms with van der Waals surface area (Å²) in [6, 6.07) is 13.1. The van der Waals surface area contributed by atoms with Crippen LogP contribution in [0.3, 0.4) is 0 Å². The largest absolute Gasteiger partial charge is 0.297 e. The molecular formula is C81H29N. The highest BCUT2D eigenvalue weighted by Gasteiger charge is 2.76. The Bertz CT molecular complexity index is 7860. The third-order valence-corrected chi connectivity index (χ3v) is 28.9. The van der Waals surface area contributed by atoms with Gasteiger partial charge < -0.3 is 0 Å². The number of fused-ring (bicyclic) bond motifs is 1. The summed E-state index contributed by atoms with van der Waals surface area (Å²) >= 11 is 0. The zero-order valence-corrected chi connectivity index (χ0v) is 45.1. The molecule has 0 amide bonds. The van der Waals surface area contributed by atoms with Gasteiger partial charge in [0.25, 0.3) is 0 Å². The molecule has 2 spiro atoms. The van der Waals surface area contributed by atoms with E-state index in [1.807, 2.05) is 0 Å². The van der Waals surface area contributed by atoms with E-state index in [0.29, 0.717) is 0 Å². The molecule has 1 unspecified atom stereocenters. The van der Waals surface area contributed by atoms with Gasteiger partial charge in [0.05, 0.1) is 16.9 Å². The van der Waals surface area contributed by atoms with Gasteiger partial charge >= 0.3 is 0 Å². The summed E-state index contributed by atoms with van der Waals surface area (Å²) in [4.78, 5) is 3.03. The van der Waals surface area contributed by atoms with Crippen molar-refractivity contribution in [2.24, 2.45) is 0 Å². The van der Waals surface area contributed by atoms with Crippen molar-refractivity contribution in [1.82, 2.24) is 4.90 Å². The van der Waals surface area contributed by atoms with E-state index in [4.69, 9.17) is 0 Å². The van der Waals surface area contributed by atoms with E-state index in [-0.39, 0.29) is 27.7 Å². The summed E-state index contributed by atoms with van der Waals surface area (Å²) in [7, 11) is 2.63. The molecule has 7 aliphatic rings. The summed E-state index contributed by atoms with van der Waals surface area (Å²) in [5, 5.41) is 90.5. The molecule has 0 radical (unpaired) electrons. The maximum atomic E-state index is 3.03. The number of benzene rings is 18. The van der Waals surface area contributed by atoms with Gasteiger partial charge in [-0.1, -0.05) is 71.9 Å². The Morgan fingerprint density at radius 3 is 0.768 bits per heavy atom. The Hall–Kier alpha value is -8.88. The Balaban J connectivity index is 1.02. The molecule has 1 fully saturated rings. The van der Waals surface area contributed by atoms with Gasteiger partial charge in [-0.05, 0) is 359 Å². The van der Waals surface area contributed by atoms with Crippen LogP contribution in [0.2, 0.25) is 0 Å². The Kier molecular flexibility index (Phi) is 3.22. The van der Waals surface area contributed by atoms with Crippen molar-refractivity contribution in [3.63, 3.8) is 0 Å². The van der Waals surface area contributed by atoms with E-state index in [1.54, 1.807) is 319 Å². The van der Waals surface area contributed by atoms with Crippen LogP contribution in [-0.2, 0) is 21.7 Å². The van der Waals surface area contributed by atoms with Crippen molar-refractivity contribution in [2.45, 2.75) is 69.2 Å². The van der Waals surface area contributed by atoms with Crippen molar-refractivity contribution >= 4 is 291 Å². The van der Waals surface area contributed by atoms with Crippen molar-refractivity contribution in [1.29, 1.82) is 0 Å². The van der Waals surface area contributed by atoms with Gasteiger partial charge in [0.15, 0.2) is 0 Å².